The van der Waals surface area contributed by atoms with Crippen molar-refractivity contribution in [1.29, 1.82) is 0 Å². The van der Waals surface area contributed by atoms with E-state index in [1.54, 1.807) is 13.1 Å². The quantitative estimate of drug-likeness (QED) is 0.945. The molecule has 1 aromatic carbocycles. The van der Waals surface area contributed by atoms with E-state index in [4.69, 9.17) is 11.6 Å². The van der Waals surface area contributed by atoms with E-state index in [-0.39, 0.29) is 5.91 Å². The van der Waals surface area contributed by atoms with Gasteiger partial charge in [0.25, 0.3) is 5.91 Å². The molecule has 0 unspecified atom stereocenters. The molecular weight excluding hydrogens is 274 g/mol. The fraction of sp³-hybridized carbons (Fsp3) is 0.200. The fourth-order valence-electron chi connectivity index (χ4n) is 1.88. The Kier molecular flexibility index (Phi) is 4.25. The van der Waals surface area contributed by atoms with Crippen LogP contribution < -0.4 is 10.2 Å². The molecule has 1 N–H and O–H groups in total. The average Bonchev–Trinajstić information content (AvgIpc) is 2.46. The van der Waals surface area contributed by atoms with Crippen LogP contribution in [0.25, 0.3) is 11.3 Å². The molecule has 5 heteroatoms. The maximum atomic E-state index is 11.8. The minimum Gasteiger partial charge on any atom is -0.362 e. The Morgan fingerprint density at radius 3 is 2.35 bits per heavy atom. The molecule has 2 rings (SSSR count). The number of anilines is 1. The Morgan fingerprint density at radius 2 is 1.80 bits per heavy atom. The van der Waals surface area contributed by atoms with Crippen molar-refractivity contribution in [3.8, 4) is 11.3 Å². The molecular formula is C15H16ClN3O. The molecule has 0 spiro atoms. The predicted molar refractivity (Wildman–Crippen MR) is 82.4 cm³/mol. The van der Waals surface area contributed by atoms with Gasteiger partial charge in [0.05, 0.1) is 11.3 Å². The number of amides is 1. The second-order valence-electron chi connectivity index (χ2n) is 4.55. The van der Waals surface area contributed by atoms with Crippen molar-refractivity contribution in [3.63, 3.8) is 0 Å². The second-order valence-corrected chi connectivity index (χ2v) is 4.98. The number of carbonyl (C=O) groups is 1. The molecule has 20 heavy (non-hydrogen) atoms. The molecule has 0 bridgehead atoms. The number of pyridine rings is 1. The Morgan fingerprint density at radius 1 is 1.15 bits per heavy atom. The largest absolute Gasteiger partial charge is 0.362 e. The van der Waals surface area contributed by atoms with Gasteiger partial charge in [0, 0.05) is 31.7 Å². The van der Waals surface area contributed by atoms with Gasteiger partial charge in [0.2, 0.25) is 0 Å². The van der Waals surface area contributed by atoms with Crippen LogP contribution in [0.3, 0.4) is 0 Å². The van der Waals surface area contributed by atoms with Crippen LogP contribution in [0.5, 0.6) is 0 Å². The third-order valence-corrected chi connectivity index (χ3v) is 3.16. The first-order valence-corrected chi connectivity index (χ1v) is 6.57. The highest BCUT2D eigenvalue weighted by atomic mass is 35.5. The predicted octanol–water partition coefficient (Wildman–Crippen LogP) is 2.83. The summed E-state index contributed by atoms with van der Waals surface area (Å²) in [5.41, 5.74) is 2.31. The molecule has 4 nitrogen and oxygen atoms in total. The SMILES string of the molecule is CNC(=O)c1ccc(-c2ccc(Cl)cc2)nc1N(C)C. The van der Waals surface area contributed by atoms with Crippen molar-refractivity contribution in [2.24, 2.45) is 0 Å². The minimum atomic E-state index is -0.149. The van der Waals surface area contributed by atoms with Crippen LogP contribution in [0.4, 0.5) is 5.82 Å². The van der Waals surface area contributed by atoms with Crippen LogP contribution in [-0.4, -0.2) is 32.0 Å². The van der Waals surface area contributed by atoms with Crippen LogP contribution in [-0.2, 0) is 0 Å². The van der Waals surface area contributed by atoms with Crippen LogP contribution >= 0.6 is 11.6 Å². The first-order chi connectivity index (χ1) is 9.52. The van der Waals surface area contributed by atoms with Gasteiger partial charge >= 0.3 is 0 Å². The molecule has 1 amide bonds. The molecule has 0 aliphatic rings. The number of rotatable bonds is 3. The number of aromatic nitrogens is 1. The van der Waals surface area contributed by atoms with E-state index in [0.717, 1.165) is 11.3 Å². The van der Waals surface area contributed by atoms with Crippen LogP contribution in [0, 0.1) is 0 Å². The molecule has 0 aliphatic carbocycles. The highest BCUT2D eigenvalue weighted by Gasteiger charge is 2.14. The maximum Gasteiger partial charge on any atom is 0.254 e. The van der Waals surface area contributed by atoms with Gasteiger partial charge in [-0.1, -0.05) is 23.7 Å². The highest BCUT2D eigenvalue weighted by Crippen LogP contribution is 2.24. The van der Waals surface area contributed by atoms with Gasteiger partial charge in [-0.3, -0.25) is 4.79 Å². The lowest BCUT2D eigenvalue weighted by Crippen LogP contribution is -2.23. The average molecular weight is 290 g/mol. The van der Waals surface area contributed by atoms with E-state index < -0.39 is 0 Å². The summed E-state index contributed by atoms with van der Waals surface area (Å²) in [5.74, 6) is 0.487. The third kappa shape index (κ3) is 2.91. The van der Waals surface area contributed by atoms with E-state index in [0.29, 0.717) is 16.4 Å². The number of benzene rings is 1. The summed E-state index contributed by atoms with van der Waals surface area (Å²) in [4.78, 5) is 18.2. The van der Waals surface area contributed by atoms with Gasteiger partial charge in [0.1, 0.15) is 5.82 Å². The van der Waals surface area contributed by atoms with Gasteiger partial charge in [-0.25, -0.2) is 4.98 Å². The van der Waals surface area contributed by atoms with Crippen molar-refractivity contribution in [2.45, 2.75) is 0 Å². The van der Waals surface area contributed by atoms with E-state index in [2.05, 4.69) is 10.3 Å². The standard InChI is InChI=1S/C15H16ClN3O/c1-17-15(20)12-8-9-13(18-14(12)19(2)3)10-4-6-11(16)7-5-10/h4-9H,1-3H3,(H,17,20). The van der Waals surface area contributed by atoms with E-state index >= 15 is 0 Å². The molecule has 1 aromatic heterocycles. The number of halogens is 1. The third-order valence-electron chi connectivity index (χ3n) is 2.91. The van der Waals surface area contributed by atoms with Crippen molar-refractivity contribution in [1.82, 2.24) is 10.3 Å². The smallest absolute Gasteiger partial charge is 0.254 e. The number of nitrogens with one attached hydrogen (secondary N) is 1. The Hall–Kier alpha value is -2.07. The van der Waals surface area contributed by atoms with E-state index in [1.165, 1.54) is 0 Å². The number of nitrogens with zero attached hydrogens (tertiary/aromatic N) is 2. The van der Waals surface area contributed by atoms with Gasteiger partial charge in [-0.15, -0.1) is 0 Å². The number of carbonyl (C=O) groups excluding carboxylic acids is 1. The highest BCUT2D eigenvalue weighted by molar-refractivity contribution is 6.30. The minimum absolute atomic E-state index is 0.149. The summed E-state index contributed by atoms with van der Waals surface area (Å²) in [6.45, 7) is 0. The van der Waals surface area contributed by atoms with Crippen molar-refractivity contribution < 1.29 is 4.79 Å². The first-order valence-electron chi connectivity index (χ1n) is 6.19. The molecule has 0 aliphatic heterocycles. The zero-order valence-corrected chi connectivity index (χ0v) is 12.4. The molecule has 0 saturated heterocycles. The molecule has 104 valence electrons. The van der Waals surface area contributed by atoms with Crippen LogP contribution in [0.15, 0.2) is 36.4 Å². The fourth-order valence-corrected chi connectivity index (χ4v) is 2.01. The first kappa shape index (κ1) is 14.3. The zero-order chi connectivity index (χ0) is 14.7. The van der Waals surface area contributed by atoms with Crippen LogP contribution in [0.2, 0.25) is 5.02 Å². The lowest BCUT2D eigenvalue weighted by atomic mass is 10.1. The monoisotopic (exact) mass is 289 g/mol. The van der Waals surface area contributed by atoms with Gasteiger partial charge < -0.3 is 10.2 Å². The normalized spacial score (nSPS) is 10.2. The van der Waals surface area contributed by atoms with Crippen molar-refractivity contribution in [2.75, 3.05) is 26.0 Å². The molecule has 2 aromatic rings. The summed E-state index contributed by atoms with van der Waals surface area (Å²) in [6.07, 6.45) is 0. The van der Waals surface area contributed by atoms with Gasteiger partial charge in [0.15, 0.2) is 0 Å². The lowest BCUT2D eigenvalue weighted by molar-refractivity contribution is 0.0963. The molecule has 0 fully saturated rings. The second kappa shape index (κ2) is 5.92. The summed E-state index contributed by atoms with van der Waals surface area (Å²) in [5, 5.41) is 3.30. The topological polar surface area (TPSA) is 45.2 Å². The Balaban J connectivity index is 2.50. The van der Waals surface area contributed by atoms with Gasteiger partial charge in [-0.05, 0) is 24.3 Å². The molecule has 0 atom stereocenters. The van der Waals surface area contributed by atoms with E-state index in [1.807, 2.05) is 49.3 Å². The molecule has 1 heterocycles. The summed E-state index contributed by atoms with van der Waals surface area (Å²) in [6, 6.07) is 11.1. The van der Waals surface area contributed by atoms with Gasteiger partial charge in [-0.2, -0.15) is 0 Å². The Labute approximate surface area is 123 Å². The van der Waals surface area contributed by atoms with E-state index in [9.17, 15) is 4.79 Å². The zero-order valence-electron chi connectivity index (χ0n) is 11.6. The Bertz CT molecular complexity index is 624. The summed E-state index contributed by atoms with van der Waals surface area (Å²) < 4.78 is 0. The summed E-state index contributed by atoms with van der Waals surface area (Å²) in [7, 11) is 5.33. The van der Waals surface area contributed by atoms with Crippen molar-refractivity contribution >= 4 is 23.3 Å². The van der Waals surface area contributed by atoms with Crippen LogP contribution in [0.1, 0.15) is 10.4 Å². The molecule has 0 saturated carbocycles. The number of hydrogen-bond donors (Lipinski definition) is 1. The summed E-state index contributed by atoms with van der Waals surface area (Å²) >= 11 is 5.88. The maximum absolute atomic E-state index is 11.8. The number of hydrogen-bond acceptors (Lipinski definition) is 3. The lowest BCUT2D eigenvalue weighted by Gasteiger charge is -2.16. The molecule has 0 radical (unpaired) electrons. The van der Waals surface area contributed by atoms with Crippen molar-refractivity contribution in [3.05, 3.63) is 47.0 Å².